The van der Waals surface area contributed by atoms with Gasteiger partial charge < -0.3 is 10.6 Å². The van der Waals surface area contributed by atoms with Crippen molar-refractivity contribution in [2.45, 2.75) is 39.2 Å². The van der Waals surface area contributed by atoms with Crippen LogP contribution in [0.1, 0.15) is 32.3 Å². The molecule has 1 saturated heterocycles. The summed E-state index contributed by atoms with van der Waals surface area (Å²) in [4.78, 5) is 2.58. The fraction of sp³-hybridized carbons (Fsp3) is 0.600. The molecule has 0 aliphatic carbocycles. The smallest absolute Gasteiger partial charge is 0.0314 e. The van der Waals surface area contributed by atoms with E-state index in [-0.39, 0.29) is 0 Å². The highest BCUT2D eigenvalue weighted by atomic mass is 15.1. The van der Waals surface area contributed by atoms with Gasteiger partial charge in [0, 0.05) is 11.7 Å². The molecule has 1 aromatic rings. The Labute approximate surface area is 105 Å². The lowest BCUT2D eigenvalue weighted by Gasteiger charge is -2.34. The lowest BCUT2D eigenvalue weighted by Crippen LogP contribution is -2.38. The van der Waals surface area contributed by atoms with Gasteiger partial charge in [0.15, 0.2) is 0 Å². The molecule has 0 radical (unpaired) electrons. The van der Waals surface area contributed by atoms with Gasteiger partial charge in [0.25, 0.3) is 0 Å². The quantitative estimate of drug-likeness (QED) is 0.812. The Kier molecular flexibility index (Phi) is 4.06. The Morgan fingerprint density at radius 2 is 1.76 bits per heavy atom. The number of nitrogens with two attached hydrogens (primary N) is 1. The number of nitrogen functional groups attached to an aromatic ring is 1. The van der Waals surface area contributed by atoms with E-state index in [9.17, 15) is 0 Å². The predicted molar refractivity (Wildman–Crippen MR) is 74.0 cm³/mol. The van der Waals surface area contributed by atoms with Crippen molar-refractivity contribution >= 4 is 5.69 Å². The SMILES string of the molecule is CC(C)N1CCC(Cc2ccc(N)cc2)CC1. The van der Waals surface area contributed by atoms with E-state index in [4.69, 9.17) is 5.73 Å². The van der Waals surface area contributed by atoms with E-state index in [2.05, 4.69) is 30.9 Å². The molecule has 1 aliphatic heterocycles. The Balaban J connectivity index is 1.84. The molecule has 1 aromatic carbocycles. The van der Waals surface area contributed by atoms with E-state index in [0.29, 0.717) is 6.04 Å². The number of hydrogen-bond donors (Lipinski definition) is 1. The molecule has 2 rings (SSSR count). The van der Waals surface area contributed by atoms with Gasteiger partial charge in [-0.2, -0.15) is 0 Å². The largest absolute Gasteiger partial charge is 0.399 e. The van der Waals surface area contributed by atoms with Crippen LogP contribution >= 0.6 is 0 Å². The van der Waals surface area contributed by atoms with Crippen LogP contribution in [0.25, 0.3) is 0 Å². The third kappa shape index (κ3) is 3.47. The Bertz CT molecular complexity index is 334. The summed E-state index contributed by atoms with van der Waals surface area (Å²) in [5, 5.41) is 0. The maximum Gasteiger partial charge on any atom is 0.0314 e. The van der Waals surface area contributed by atoms with Crippen molar-refractivity contribution in [2.75, 3.05) is 18.8 Å². The van der Waals surface area contributed by atoms with Gasteiger partial charge in [-0.3, -0.25) is 0 Å². The number of piperidine rings is 1. The number of nitrogens with zero attached hydrogens (tertiary/aromatic N) is 1. The van der Waals surface area contributed by atoms with Crippen molar-refractivity contribution in [3.8, 4) is 0 Å². The first-order valence-electron chi connectivity index (χ1n) is 6.73. The van der Waals surface area contributed by atoms with Crippen LogP contribution in [0.2, 0.25) is 0 Å². The molecule has 1 heterocycles. The second-order valence-electron chi connectivity index (χ2n) is 5.52. The molecule has 17 heavy (non-hydrogen) atoms. The molecule has 0 bridgehead atoms. The van der Waals surface area contributed by atoms with Crippen molar-refractivity contribution in [2.24, 2.45) is 5.92 Å². The van der Waals surface area contributed by atoms with E-state index >= 15 is 0 Å². The molecule has 0 unspecified atom stereocenters. The minimum Gasteiger partial charge on any atom is -0.399 e. The van der Waals surface area contributed by atoms with Gasteiger partial charge in [0.05, 0.1) is 0 Å². The van der Waals surface area contributed by atoms with Gasteiger partial charge in [-0.1, -0.05) is 12.1 Å². The zero-order chi connectivity index (χ0) is 12.3. The van der Waals surface area contributed by atoms with Crippen LogP contribution in [0.15, 0.2) is 24.3 Å². The summed E-state index contributed by atoms with van der Waals surface area (Å²) in [7, 11) is 0. The minimum atomic E-state index is 0.701. The molecule has 0 spiro atoms. The van der Waals surface area contributed by atoms with Crippen LogP contribution in [-0.4, -0.2) is 24.0 Å². The van der Waals surface area contributed by atoms with E-state index in [1.165, 1.54) is 37.9 Å². The molecule has 1 aliphatic rings. The number of rotatable bonds is 3. The van der Waals surface area contributed by atoms with Gasteiger partial charge in [0.2, 0.25) is 0 Å². The van der Waals surface area contributed by atoms with Crippen LogP contribution in [0.4, 0.5) is 5.69 Å². The summed E-state index contributed by atoms with van der Waals surface area (Å²) >= 11 is 0. The van der Waals surface area contributed by atoms with Gasteiger partial charge in [0.1, 0.15) is 0 Å². The molecule has 0 saturated carbocycles. The summed E-state index contributed by atoms with van der Waals surface area (Å²) in [5.74, 6) is 0.855. The monoisotopic (exact) mass is 232 g/mol. The first-order chi connectivity index (χ1) is 8.15. The molecule has 0 amide bonds. The third-order valence-corrected chi connectivity index (χ3v) is 3.88. The average molecular weight is 232 g/mol. The fourth-order valence-electron chi connectivity index (χ4n) is 2.66. The maximum absolute atomic E-state index is 5.70. The number of anilines is 1. The van der Waals surface area contributed by atoms with Crippen LogP contribution in [0.5, 0.6) is 0 Å². The van der Waals surface area contributed by atoms with Crippen molar-refractivity contribution in [3.63, 3.8) is 0 Å². The third-order valence-electron chi connectivity index (χ3n) is 3.88. The van der Waals surface area contributed by atoms with E-state index < -0.39 is 0 Å². The number of likely N-dealkylation sites (tertiary alicyclic amines) is 1. The Morgan fingerprint density at radius 3 is 2.29 bits per heavy atom. The minimum absolute atomic E-state index is 0.701. The molecular formula is C15H24N2. The van der Waals surface area contributed by atoms with E-state index in [1.54, 1.807) is 0 Å². The van der Waals surface area contributed by atoms with Gasteiger partial charge in [-0.15, -0.1) is 0 Å². The first-order valence-corrected chi connectivity index (χ1v) is 6.73. The van der Waals surface area contributed by atoms with Crippen molar-refractivity contribution in [1.82, 2.24) is 4.90 Å². The zero-order valence-corrected chi connectivity index (χ0v) is 11.0. The molecule has 2 nitrogen and oxygen atoms in total. The van der Waals surface area contributed by atoms with Gasteiger partial charge in [-0.25, -0.2) is 0 Å². The molecule has 1 fully saturated rings. The molecule has 0 aromatic heterocycles. The molecule has 94 valence electrons. The fourth-order valence-corrected chi connectivity index (χ4v) is 2.66. The average Bonchev–Trinajstić information content (AvgIpc) is 2.33. The Morgan fingerprint density at radius 1 is 1.18 bits per heavy atom. The number of benzene rings is 1. The summed E-state index contributed by atoms with van der Waals surface area (Å²) in [6.45, 7) is 7.11. The second-order valence-corrected chi connectivity index (χ2v) is 5.52. The number of hydrogen-bond acceptors (Lipinski definition) is 2. The summed E-state index contributed by atoms with van der Waals surface area (Å²) < 4.78 is 0. The second kappa shape index (κ2) is 5.54. The standard InChI is InChI=1S/C15H24N2/c1-12(2)17-9-7-14(8-10-17)11-13-3-5-15(16)6-4-13/h3-6,12,14H,7-11,16H2,1-2H3. The predicted octanol–water partition coefficient (Wildman–Crippen LogP) is 2.93. The van der Waals surface area contributed by atoms with Gasteiger partial charge >= 0.3 is 0 Å². The molecule has 2 N–H and O–H groups in total. The van der Waals surface area contributed by atoms with Crippen molar-refractivity contribution in [3.05, 3.63) is 29.8 Å². The normalized spacial score (nSPS) is 18.8. The van der Waals surface area contributed by atoms with Crippen LogP contribution < -0.4 is 5.73 Å². The summed E-state index contributed by atoms with van der Waals surface area (Å²) in [6.07, 6.45) is 3.89. The molecular weight excluding hydrogens is 208 g/mol. The Hall–Kier alpha value is -1.02. The topological polar surface area (TPSA) is 29.3 Å². The summed E-state index contributed by atoms with van der Waals surface area (Å²) in [5.41, 5.74) is 8.00. The van der Waals surface area contributed by atoms with E-state index in [1.807, 2.05) is 12.1 Å². The van der Waals surface area contributed by atoms with Crippen LogP contribution in [0, 0.1) is 5.92 Å². The molecule has 0 atom stereocenters. The lowest BCUT2D eigenvalue weighted by molar-refractivity contribution is 0.149. The first kappa shape index (κ1) is 12.4. The van der Waals surface area contributed by atoms with E-state index in [0.717, 1.165) is 11.6 Å². The maximum atomic E-state index is 5.70. The molecule has 2 heteroatoms. The van der Waals surface area contributed by atoms with Gasteiger partial charge in [-0.05, 0) is 69.8 Å². The van der Waals surface area contributed by atoms with Crippen LogP contribution in [-0.2, 0) is 6.42 Å². The van der Waals surface area contributed by atoms with Crippen molar-refractivity contribution < 1.29 is 0 Å². The highest BCUT2D eigenvalue weighted by Crippen LogP contribution is 2.23. The summed E-state index contributed by atoms with van der Waals surface area (Å²) in [6, 6.07) is 9.07. The highest BCUT2D eigenvalue weighted by Gasteiger charge is 2.20. The lowest BCUT2D eigenvalue weighted by atomic mass is 9.90. The highest BCUT2D eigenvalue weighted by molar-refractivity contribution is 5.39. The zero-order valence-electron chi connectivity index (χ0n) is 11.0. The van der Waals surface area contributed by atoms with Crippen molar-refractivity contribution in [1.29, 1.82) is 0 Å². The van der Waals surface area contributed by atoms with Crippen LogP contribution in [0.3, 0.4) is 0 Å².